The normalized spacial score (nSPS) is 10.7. The minimum Gasteiger partial charge on any atom is -0.496 e. The van der Waals surface area contributed by atoms with Crippen LogP contribution in [0.25, 0.3) is 11.1 Å². The summed E-state index contributed by atoms with van der Waals surface area (Å²) in [4.78, 5) is 12.1. The fourth-order valence-corrected chi connectivity index (χ4v) is 2.15. The molecule has 0 aromatic heterocycles. The van der Waals surface area contributed by atoms with Crippen molar-refractivity contribution in [1.82, 2.24) is 0 Å². The monoisotopic (exact) mass is 308 g/mol. The molecule has 118 valence electrons. The predicted octanol–water partition coefficient (Wildman–Crippen LogP) is 4.30. The maximum absolute atomic E-state index is 12.1. The summed E-state index contributed by atoms with van der Waals surface area (Å²) in [5, 5.41) is 0. The second-order valence-electron chi connectivity index (χ2n) is 6.14. The maximum Gasteiger partial charge on any atom is 0.338 e. The Labute approximate surface area is 137 Å². The summed E-state index contributed by atoms with van der Waals surface area (Å²) in [6.45, 7) is 5.53. The van der Waals surface area contributed by atoms with Gasteiger partial charge in [0.25, 0.3) is 0 Å². The summed E-state index contributed by atoms with van der Waals surface area (Å²) in [5.74, 6) is 3.01. The van der Waals surface area contributed by atoms with Crippen molar-refractivity contribution in [2.45, 2.75) is 26.4 Å². The number of carbonyl (C=O) groups excluding carboxylic acids is 1. The van der Waals surface area contributed by atoms with Crippen LogP contribution in [0, 0.1) is 12.3 Å². The molecular weight excluding hydrogens is 288 g/mol. The average Bonchev–Trinajstić information content (AvgIpc) is 2.52. The lowest BCUT2D eigenvalue weighted by Crippen LogP contribution is -2.23. The Morgan fingerprint density at radius 1 is 1.09 bits per heavy atom. The van der Waals surface area contributed by atoms with Gasteiger partial charge < -0.3 is 9.47 Å². The quantitative estimate of drug-likeness (QED) is 0.626. The Morgan fingerprint density at radius 2 is 1.74 bits per heavy atom. The van der Waals surface area contributed by atoms with E-state index in [-0.39, 0.29) is 5.97 Å². The summed E-state index contributed by atoms with van der Waals surface area (Å²) in [6, 6.07) is 12.8. The van der Waals surface area contributed by atoms with Crippen LogP contribution in [0.1, 0.15) is 36.7 Å². The molecule has 0 saturated carbocycles. The SMILES string of the molecule is C#Cc1ccc(OC)c(-c2ccc(C(=O)OC(C)(C)C)cc2)c1. The van der Waals surface area contributed by atoms with Crippen LogP contribution in [0.4, 0.5) is 0 Å². The molecule has 0 aliphatic rings. The first-order chi connectivity index (χ1) is 10.8. The smallest absolute Gasteiger partial charge is 0.338 e. The second-order valence-corrected chi connectivity index (χ2v) is 6.14. The number of hydrogen-bond acceptors (Lipinski definition) is 3. The van der Waals surface area contributed by atoms with E-state index < -0.39 is 5.60 Å². The zero-order valence-electron chi connectivity index (χ0n) is 13.8. The van der Waals surface area contributed by atoms with E-state index >= 15 is 0 Å². The first kappa shape index (κ1) is 16.6. The van der Waals surface area contributed by atoms with Gasteiger partial charge in [-0.25, -0.2) is 4.79 Å². The number of methoxy groups -OCH3 is 1. The summed E-state index contributed by atoms with van der Waals surface area (Å²) >= 11 is 0. The molecule has 0 aliphatic carbocycles. The van der Waals surface area contributed by atoms with E-state index in [1.165, 1.54) is 0 Å². The van der Waals surface area contributed by atoms with Crippen molar-refractivity contribution >= 4 is 5.97 Å². The molecule has 3 heteroatoms. The number of esters is 1. The molecule has 0 aliphatic heterocycles. The lowest BCUT2D eigenvalue weighted by Gasteiger charge is -2.19. The van der Waals surface area contributed by atoms with Crippen molar-refractivity contribution in [3.63, 3.8) is 0 Å². The predicted molar refractivity (Wildman–Crippen MR) is 91.5 cm³/mol. The van der Waals surface area contributed by atoms with Crippen LogP contribution >= 0.6 is 0 Å². The van der Waals surface area contributed by atoms with E-state index in [9.17, 15) is 4.79 Å². The zero-order valence-corrected chi connectivity index (χ0v) is 13.8. The van der Waals surface area contributed by atoms with Gasteiger partial charge in [0.05, 0.1) is 12.7 Å². The molecule has 2 aromatic rings. The van der Waals surface area contributed by atoms with E-state index in [0.29, 0.717) is 5.56 Å². The van der Waals surface area contributed by atoms with E-state index in [2.05, 4.69) is 5.92 Å². The molecule has 0 fully saturated rings. The summed E-state index contributed by atoms with van der Waals surface area (Å²) in [5.41, 5.74) is 2.58. The molecule has 0 unspecified atom stereocenters. The molecule has 0 radical (unpaired) electrons. The Balaban J connectivity index is 2.33. The molecule has 0 bridgehead atoms. The molecule has 0 saturated heterocycles. The van der Waals surface area contributed by atoms with E-state index in [0.717, 1.165) is 22.4 Å². The van der Waals surface area contributed by atoms with Gasteiger partial charge in [-0.2, -0.15) is 0 Å². The van der Waals surface area contributed by atoms with Gasteiger partial charge in [-0.05, 0) is 56.7 Å². The number of carbonyl (C=O) groups is 1. The van der Waals surface area contributed by atoms with Crippen molar-refractivity contribution in [2.75, 3.05) is 7.11 Å². The molecule has 2 rings (SSSR count). The van der Waals surface area contributed by atoms with Crippen LogP contribution in [0.5, 0.6) is 5.75 Å². The third-order valence-electron chi connectivity index (χ3n) is 3.20. The first-order valence-corrected chi connectivity index (χ1v) is 7.32. The van der Waals surface area contributed by atoms with Crippen molar-refractivity contribution in [3.05, 3.63) is 53.6 Å². The largest absolute Gasteiger partial charge is 0.496 e. The topological polar surface area (TPSA) is 35.5 Å². The van der Waals surface area contributed by atoms with Gasteiger partial charge in [0, 0.05) is 11.1 Å². The molecule has 3 nitrogen and oxygen atoms in total. The fraction of sp³-hybridized carbons (Fsp3) is 0.250. The zero-order chi connectivity index (χ0) is 17.0. The first-order valence-electron chi connectivity index (χ1n) is 7.32. The highest BCUT2D eigenvalue weighted by atomic mass is 16.6. The lowest BCUT2D eigenvalue weighted by molar-refractivity contribution is 0.00696. The van der Waals surface area contributed by atoms with Crippen LogP contribution in [0.3, 0.4) is 0 Å². The lowest BCUT2D eigenvalue weighted by atomic mass is 10.0. The highest BCUT2D eigenvalue weighted by Crippen LogP contribution is 2.31. The van der Waals surface area contributed by atoms with Gasteiger partial charge in [0.1, 0.15) is 11.4 Å². The molecule has 0 atom stereocenters. The Morgan fingerprint density at radius 3 is 2.26 bits per heavy atom. The van der Waals surface area contributed by atoms with Gasteiger partial charge in [0.15, 0.2) is 0 Å². The van der Waals surface area contributed by atoms with Crippen molar-refractivity contribution in [3.8, 4) is 29.2 Å². The standard InChI is InChI=1S/C20H20O3/c1-6-14-7-12-18(22-5)17(13-14)15-8-10-16(11-9-15)19(21)23-20(2,3)4/h1,7-13H,2-5H3. The van der Waals surface area contributed by atoms with E-state index in [4.69, 9.17) is 15.9 Å². The van der Waals surface area contributed by atoms with Gasteiger partial charge in [0.2, 0.25) is 0 Å². The molecule has 2 aromatic carbocycles. The third-order valence-corrected chi connectivity index (χ3v) is 3.20. The highest BCUT2D eigenvalue weighted by Gasteiger charge is 2.18. The number of hydrogen-bond donors (Lipinski definition) is 0. The van der Waals surface area contributed by atoms with E-state index in [1.807, 2.05) is 51.1 Å². The minimum atomic E-state index is -0.514. The van der Waals surface area contributed by atoms with Crippen molar-refractivity contribution in [2.24, 2.45) is 0 Å². The number of terminal acetylenes is 1. The van der Waals surface area contributed by atoms with Gasteiger partial charge in [-0.3, -0.25) is 0 Å². The van der Waals surface area contributed by atoms with Gasteiger partial charge in [-0.1, -0.05) is 18.1 Å². The average molecular weight is 308 g/mol. The second kappa shape index (κ2) is 6.58. The molecular formula is C20H20O3. The third kappa shape index (κ3) is 4.14. The number of ether oxygens (including phenoxy) is 2. The van der Waals surface area contributed by atoms with Crippen molar-refractivity contribution in [1.29, 1.82) is 0 Å². The fourth-order valence-electron chi connectivity index (χ4n) is 2.15. The molecule has 0 amide bonds. The summed E-state index contributed by atoms with van der Waals surface area (Å²) in [7, 11) is 1.61. The summed E-state index contributed by atoms with van der Waals surface area (Å²) < 4.78 is 10.7. The van der Waals surface area contributed by atoms with Gasteiger partial charge >= 0.3 is 5.97 Å². The van der Waals surface area contributed by atoms with Crippen LogP contribution in [0.2, 0.25) is 0 Å². The van der Waals surface area contributed by atoms with Gasteiger partial charge in [-0.15, -0.1) is 6.42 Å². The molecule has 0 spiro atoms. The minimum absolute atomic E-state index is 0.339. The number of benzene rings is 2. The number of rotatable bonds is 3. The summed E-state index contributed by atoms with van der Waals surface area (Å²) in [6.07, 6.45) is 5.46. The highest BCUT2D eigenvalue weighted by molar-refractivity contribution is 5.90. The Hall–Kier alpha value is -2.73. The van der Waals surface area contributed by atoms with Crippen LogP contribution in [-0.4, -0.2) is 18.7 Å². The maximum atomic E-state index is 12.1. The molecule has 0 heterocycles. The van der Waals surface area contributed by atoms with Crippen LogP contribution in [0.15, 0.2) is 42.5 Å². The molecule has 0 N–H and O–H groups in total. The van der Waals surface area contributed by atoms with Crippen LogP contribution < -0.4 is 4.74 Å². The molecule has 23 heavy (non-hydrogen) atoms. The van der Waals surface area contributed by atoms with Crippen LogP contribution in [-0.2, 0) is 4.74 Å². The van der Waals surface area contributed by atoms with Crippen molar-refractivity contribution < 1.29 is 14.3 Å². The Bertz CT molecular complexity index is 744. The van der Waals surface area contributed by atoms with E-state index in [1.54, 1.807) is 19.2 Å². The Kier molecular flexibility index (Phi) is 4.76.